The first-order valence-electron chi connectivity index (χ1n) is 24.3. The van der Waals surface area contributed by atoms with Crippen LogP contribution in [0.5, 0.6) is 0 Å². The number of fused-ring (bicyclic) bond motifs is 4. The summed E-state index contributed by atoms with van der Waals surface area (Å²) in [6, 6.07) is 36.3. The maximum Gasteiger partial charge on any atom is 0.338 e. The number of unbranched alkanes of at least 4 members (excludes halogenated alkanes) is 1. The maximum absolute atomic E-state index is 14.0. The van der Waals surface area contributed by atoms with Crippen molar-refractivity contribution in [1.82, 2.24) is 4.58 Å². The average Bonchev–Trinajstić information content (AvgIpc) is 3.35. The van der Waals surface area contributed by atoms with E-state index in [4.69, 9.17) is 18.3 Å². The Morgan fingerprint density at radius 2 is 1.22 bits per heavy atom. The molecule has 4 aromatic carbocycles. The van der Waals surface area contributed by atoms with Gasteiger partial charge < -0.3 is 28.5 Å². The molecule has 4 aromatic rings. The van der Waals surface area contributed by atoms with Crippen LogP contribution in [0.2, 0.25) is 0 Å². The molecule has 10 heteroatoms. The van der Waals surface area contributed by atoms with Crippen LogP contribution in [-0.2, 0) is 9.47 Å². The third kappa shape index (κ3) is 9.50. The van der Waals surface area contributed by atoms with E-state index in [2.05, 4.69) is 124 Å². The van der Waals surface area contributed by atoms with E-state index in [1.807, 2.05) is 60.7 Å². The Bertz CT molecular complexity index is 3210. The van der Waals surface area contributed by atoms with E-state index in [0.717, 1.165) is 139 Å². The van der Waals surface area contributed by atoms with Gasteiger partial charge in [0.15, 0.2) is 0 Å². The largest absolute Gasteiger partial charge is 0.462 e. The lowest BCUT2D eigenvalue weighted by Gasteiger charge is -2.22. The zero-order valence-electron chi connectivity index (χ0n) is 40.8. The first-order valence-corrected chi connectivity index (χ1v) is 24.3. The number of anilines is 2. The lowest BCUT2D eigenvalue weighted by Crippen LogP contribution is -2.76. The Hall–Kier alpha value is -7.20. The van der Waals surface area contributed by atoms with E-state index in [0.29, 0.717) is 24.0 Å². The Labute approximate surface area is 399 Å². The predicted octanol–water partition coefficient (Wildman–Crippen LogP) is 10.2. The van der Waals surface area contributed by atoms with E-state index in [1.54, 1.807) is 0 Å². The van der Waals surface area contributed by atoms with Gasteiger partial charge in [-0.2, -0.15) is 0 Å². The molecule has 2 aliphatic heterocycles. The number of hydrogen-bond donors (Lipinski definition) is 2. The van der Waals surface area contributed by atoms with Crippen molar-refractivity contribution in [3.63, 3.8) is 0 Å². The molecule has 0 radical (unpaired) electrons. The molecule has 0 aromatic heterocycles. The van der Waals surface area contributed by atoms with Gasteiger partial charge in [0.2, 0.25) is 10.7 Å². The highest BCUT2D eigenvalue weighted by Crippen LogP contribution is 2.44. The average molecular weight is 913 g/mol. The third-order valence-electron chi connectivity index (χ3n) is 12.9. The smallest absolute Gasteiger partial charge is 0.338 e. The zero-order valence-corrected chi connectivity index (χ0v) is 40.8. The normalized spacial score (nSPS) is 11.7. The summed E-state index contributed by atoms with van der Waals surface area (Å²) in [5.41, 5.74) is 11.8. The van der Waals surface area contributed by atoms with Crippen LogP contribution in [-0.4, -0.2) is 64.4 Å². The summed E-state index contributed by atoms with van der Waals surface area (Å²) in [6.45, 7) is 22.3. The number of carbonyl (C=O) groups excluding carboxylic acids is 2. The van der Waals surface area contributed by atoms with E-state index < -0.39 is 11.9 Å². The van der Waals surface area contributed by atoms with E-state index >= 15 is 0 Å². The van der Waals surface area contributed by atoms with Crippen molar-refractivity contribution in [3.05, 3.63) is 142 Å². The number of ether oxygens (including phenoxy) is 2. The minimum atomic E-state index is -0.418. The molecule has 0 spiro atoms. The first kappa shape index (κ1) is 47.3. The van der Waals surface area contributed by atoms with Gasteiger partial charge in [0.25, 0.3) is 0 Å². The molecule has 2 N–H and O–H groups in total. The number of rotatable bonds is 17. The second-order valence-corrected chi connectivity index (χ2v) is 17.1. The minimum absolute atomic E-state index is 0.166. The summed E-state index contributed by atoms with van der Waals surface area (Å²) >= 11 is 0. The number of esters is 2. The fourth-order valence-corrected chi connectivity index (χ4v) is 9.43. The second-order valence-electron chi connectivity index (χ2n) is 17.1. The van der Waals surface area contributed by atoms with Crippen molar-refractivity contribution >= 4 is 45.3 Å². The zero-order chi connectivity index (χ0) is 47.9. The molecule has 0 unspecified atom stereocenters. The Kier molecular flexibility index (Phi) is 14.7. The topological polar surface area (TPSA) is 111 Å². The lowest BCUT2D eigenvalue weighted by molar-refractivity contribution is -0.496. The van der Waals surface area contributed by atoms with Crippen LogP contribution in [0.15, 0.2) is 118 Å². The molecule has 2 aliphatic carbocycles. The van der Waals surface area contributed by atoms with Crippen LogP contribution >= 0.6 is 0 Å². The van der Waals surface area contributed by atoms with Crippen LogP contribution in [0.25, 0.3) is 66.8 Å². The summed E-state index contributed by atoms with van der Waals surface area (Å²) < 4.78 is 27.5. The first-order chi connectivity index (χ1) is 33.1. The van der Waals surface area contributed by atoms with E-state index in [9.17, 15) is 9.59 Å². The number of nitrogens with zero attached hydrogens (tertiary/aromatic N) is 2. The standard InChI is InChI=1S/C58H63N4O6/c1-9-59-49-35-53-47(31-37(49)7)56(48-32-38(8)50(60-10-2)36-54(48)68-53)42-22-16-18-24-44(42)58(64)66-30-20-19-29-65-57(63)43-23-17-15-21-41(43)55-45-27-25-39(61(11-3)12-4)33-51(45)67-52-34-40(26-28-46(52)55)62(13-5)14-6/h15-18,21-28,31-36,59H,9-14,19-20,29-30H2,1-8H3/q+1/p+1. The highest BCUT2D eigenvalue weighted by molar-refractivity contribution is 6.10. The minimum Gasteiger partial charge on any atom is -0.462 e. The number of carbonyl (C=O) groups is 2. The molecule has 4 aliphatic rings. The molecule has 0 atom stereocenters. The Morgan fingerprint density at radius 3 is 1.82 bits per heavy atom. The van der Waals surface area contributed by atoms with Crippen molar-refractivity contribution in [2.24, 2.45) is 0 Å². The van der Waals surface area contributed by atoms with Gasteiger partial charge in [0.05, 0.1) is 36.5 Å². The quantitative estimate of drug-likeness (QED) is 0.0402. The Balaban J connectivity index is 1.02. The summed E-state index contributed by atoms with van der Waals surface area (Å²) in [6.07, 6.45) is 1.02. The molecule has 0 saturated heterocycles. The Morgan fingerprint density at radius 1 is 0.618 bits per heavy atom. The van der Waals surface area contributed by atoms with Crippen molar-refractivity contribution < 1.29 is 32.9 Å². The number of benzene rings is 6. The van der Waals surface area contributed by atoms with Crippen molar-refractivity contribution in [1.29, 1.82) is 0 Å². The molecule has 0 amide bonds. The SMILES string of the molecule is CCNc1cc2oc3cc(=[NH+]CC)c(C)cc-3c(-c3ccccc3C(=O)OCCCCOC(=O)c3ccccc3-c3c4ccc(=[N+](CC)CC)cc-4oc4cc(N(CC)CC)ccc34)c2cc1C. The van der Waals surface area contributed by atoms with Gasteiger partial charge in [0.1, 0.15) is 42.3 Å². The molecule has 8 rings (SSSR count). The van der Waals surface area contributed by atoms with Gasteiger partial charge in [-0.05, 0) is 127 Å². The van der Waals surface area contributed by atoms with Crippen LogP contribution in [0, 0.1) is 13.8 Å². The van der Waals surface area contributed by atoms with Gasteiger partial charge in [-0.1, -0.05) is 36.4 Å². The van der Waals surface area contributed by atoms with Gasteiger partial charge in [-0.3, -0.25) is 0 Å². The number of aryl methyl sites for hydroxylation is 2. The van der Waals surface area contributed by atoms with Crippen LogP contribution in [0.4, 0.5) is 11.4 Å². The highest BCUT2D eigenvalue weighted by Gasteiger charge is 2.26. The summed E-state index contributed by atoms with van der Waals surface area (Å²) in [5.74, 6) is 0.633. The predicted molar refractivity (Wildman–Crippen MR) is 275 cm³/mol. The van der Waals surface area contributed by atoms with Crippen LogP contribution in [0.1, 0.15) is 86.2 Å². The third-order valence-corrected chi connectivity index (χ3v) is 12.9. The summed E-state index contributed by atoms with van der Waals surface area (Å²) in [7, 11) is 0. The van der Waals surface area contributed by atoms with Gasteiger partial charge in [-0.15, -0.1) is 0 Å². The van der Waals surface area contributed by atoms with E-state index in [-0.39, 0.29) is 13.2 Å². The second kappa shape index (κ2) is 21.2. The fourth-order valence-electron chi connectivity index (χ4n) is 9.43. The number of hydrogen-bond acceptors (Lipinski definition) is 8. The van der Waals surface area contributed by atoms with Crippen molar-refractivity contribution in [2.45, 2.75) is 68.2 Å². The van der Waals surface area contributed by atoms with Crippen molar-refractivity contribution in [2.75, 3.05) is 62.7 Å². The maximum atomic E-state index is 14.0. The molecule has 68 heavy (non-hydrogen) atoms. The van der Waals surface area contributed by atoms with Crippen LogP contribution < -0.4 is 30.5 Å². The van der Waals surface area contributed by atoms with Gasteiger partial charge in [-0.25, -0.2) is 19.2 Å². The summed E-state index contributed by atoms with van der Waals surface area (Å²) in [4.78, 5) is 33.8. The molecule has 0 bridgehead atoms. The lowest BCUT2D eigenvalue weighted by atomic mass is 9.89. The number of nitrogens with one attached hydrogen (secondary N) is 2. The highest BCUT2D eigenvalue weighted by atomic mass is 16.5. The van der Waals surface area contributed by atoms with Gasteiger partial charge in [0, 0.05) is 87.8 Å². The van der Waals surface area contributed by atoms with E-state index in [1.165, 1.54) is 0 Å². The molecular formula is C58H64N4O6+2. The molecular weight excluding hydrogens is 849 g/mol. The van der Waals surface area contributed by atoms with Gasteiger partial charge >= 0.3 is 11.9 Å². The fraction of sp³-hybridized carbons (Fsp3) is 0.310. The molecule has 350 valence electrons. The van der Waals surface area contributed by atoms with Crippen LogP contribution in [0.3, 0.4) is 0 Å². The summed E-state index contributed by atoms with van der Waals surface area (Å²) in [5, 5.41) is 7.36. The molecule has 0 saturated carbocycles. The molecule has 10 nitrogen and oxygen atoms in total. The molecule has 2 heterocycles. The monoisotopic (exact) mass is 912 g/mol. The molecule has 0 fully saturated rings. The van der Waals surface area contributed by atoms with Crippen molar-refractivity contribution in [3.8, 4) is 44.9 Å².